The third-order valence-electron chi connectivity index (χ3n) is 11.0. The number of carbonyl (C=O) groups excluding carboxylic acids is 4. The molecular formula is C33H44FN7O5. The molecule has 2 saturated carbocycles. The van der Waals surface area contributed by atoms with Crippen molar-refractivity contribution in [3.8, 4) is 11.8 Å². The van der Waals surface area contributed by atoms with Gasteiger partial charge in [-0.2, -0.15) is 5.26 Å². The Labute approximate surface area is 269 Å². The predicted molar refractivity (Wildman–Crippen MR) is 165 cm³/mol. The van der Waals surface area contributed by atoms with Gasteiger partial charge in [-0.05, 0) is 74.8 Å². The number of carbonyl (C=O) groups is 4. The molecule has 46 heavy (non-hydrogen) atoms. The second kappa shape index (κ2) is 10.8. The maximum atomic E-state index is 15.3. The van der Waals surface area contributed by atoms with Crippen molar-refractivity contribution < 1.29 is 28.3 Å². The first-order valence-corrected chi connectivity index (χ1v) is 16.1. The highest BCUT2D eigenvalue weighted by atomic mass is 19.1. The minimum atomic E-state index is -1.52. The summed E-state index contributed by atoms with van der Waals surface area (Å²) in [4.78, 5) is 64.6. The first-order chi connectivity index (χ1) is 21.5. The molecule has 4 fully saturated rings. The van der Waals surface area contributed by atoms with Crippen LogP contribution in [0.4, 0.5) is 15.0 Å². The fourth-order valence-corrected chi connectivity index (χ4v) is 8.26. The summed E-state index contributed by atoms with van der Waals surface area (Å²) in [6.07, 6.45) is 1.43. The average molecular weight is 638 g/mol. The van der Waals surface area contributed by atoms with Crippen LogP contribution in [0.5, 0.6) is 5.75 Å². The van der Waals surface area contributed by atoms with Crippen LogP contribution in [0.25, 0.3) is 0 Å². The van der Waals surface area contributed by atoms with E-state index in [1.54, 1.807) is 19.2 Å². The van der Waals surface area contributed by atoms with Crippen LogP contribution in [0.15, 0.2) is 18.3 Å². The van der Waals surface area contributed by atoms with E-state index in [0.29, 0.717) is 18.6 Å². The molecule has 9 unspecified atom stereocenters. The molecule has 0 radical (unpaired) electrons. The van der Waals surface area contributed by atoms with Crippen LogP contribution in [-0.4, -0.2) is 99.0 Å². The van der Waals surface area contributed by atoms with Crippen LogP contribution in [0.1, 0.15) is 60.8 Å². The lowest BCUT2D eigenvalue weighted by atomic mass is 9.77. The molecule has 0 aromatic carbocycles. The molecule has 3 aliphatic heterocycles. The number of nitrogens with zero attached hydrogens (tertiary/aromatic N) is 5. The van der Waals surface area contributed by atoms with Crippen LogP contribution >= 0.6 is 0 Å². The second-order valence-electron chi connectivity index (χ2n) is 15.8. The molecule has 2 N–H and O–H groups in total. The number of likely N-dealkylation sites (tertiary alicyclic amines) is 2. The summed E-state index contributed by atoms with van der Waals surface area (Å²) >= 11 is 0. The lowest BCUT2D eigenvalue weighted by Gasteiger charge is -2.40. The van der Waals surface area contributed by atoms with Crippen molar-refractivity contribution in [1.82, 2.24) is 25.0 Å². The summed E-state index contributed by atoms with van der Waals surface area (Å²) in [6, 6.07) is 2.04. The van der Waals surface area contributed by atoms with Crippen molar-refractivity contribution in [3.63, 3.8) is 0 Å². The second-order valence-corrected chi connectivity index (χ2v) is 15.8. The van der Waals surface area contributed by atoms with Crippen LogP contribution in [0.3, 0.4) is 0 Å². The molecule has 5 amide bonds. The lowest BCUT2D eigenvalue weighted by molar-refractivity contribution is -0.149. The van der Waals surface area contributed by atoms with E-state index in [1.807, 2.05) is 41.5 Å². The number of rotatable bonds is 3. The number of halogens is 1. The molecule has 1 aromatic rings. The molecule has 248 valence electrons. The standard InChI is InChI=1S/C33H44FN7O5/c1-31(2,3)25(37-30(45)39(7)32(4,5)6)28(43)40-15-20-17-11-19(21(34)12-17)23(20)24(40)27(42)41-16-33(13-18(41)14-35)29(44)38-26-22(46-33)9-8-10-36-26/h8-10,17-21,23-25H,11-13,15-16H2,1-7H3,(H,37,45)(H,36,38,44). The van der Waals surface area contributed by atoms with Crippen LogP contribution in [-0.2, 0) is 14.4 Å². The van der Waals surface area contributed by atoms with Crippen molar-refractivity contribution in [2.75, 3.05) is 25.5 Å². The van der Waals surface area contributed by atoms with Crippen molar-refractivity contribution in [1.29, 1.82) is 5.26 Å². The molecule has 1 aromatic heterocycles. The molecule has 6 rings (SSSR count). The van der Waals surface area contributed by atoms with Crippen molar-refractivity contribution in [2.24, 2.45) is 29.1 Å². The van der Waals surface area contributed by atoms with E-state index < -0.39 is 70.5 Å². The Morgan fingerprint density at radius 2 is 1.91 bits per heavy atom. The summed E-state index contributed by atoms with van der Waals surface area (Å²) in [5, 5.41) is 15.9. The van der Waals surface area contributed by atoms with Gasteiger partial charge >= 0.3 is 6.03 Å². The van der Waals surface area contributed by atoms with Gasteiger partial charge in [-0.3, -0.25) is 14.4 Å². The van der Waals surface area contributed by atoms with Crippen molar-refractivity contribution in [2.45, 2.75) is 96.2 Å². The van der Waals surface area contributed by atoms with Gasteiger partial charge in [0, 0.05) is 31.7 Å². The van der Waals surface area contributed by atoms with E-state index in [2.05, 4.69) is 21.7 Å². The normalized spacial score (nSPS) is 33.5. The SMILES string of the molecule is CN(C(=O)NC(C(=O)N1CC2C3CC(F)C(C3)C2C1C(=O)N1CC2(CC1C#N)Oc1cccnc1NC2=O)C(C)(C)C)C(C)(C)C. The molecule has 9 atom stereocenters. The maximum Gasteiger partial charge on any atom is 0.318 e. The predicted octanol–water partition coefficient (Wildman–Crippen LogP) is 2.95. The average Bonchev–Trinajstić information content (AvgIpc) is 3.74. The zero-order chi connectivity index (χ0) is 33.5. The number of alkyl halides is 1. The van der Waals surface area contributed by atoms with E-state index in [9.17, 15) is 24.4 Å². The van der Waals surface area contributed by atoms with Gasteiger partial charge in [-0.1, -0.05) is 20.8 Å². The third-order valence-corrected chi connectivity index (χ3v) is 11.0. The first kappa shape index (κ1) is 32.0. The number of amides is 5. The number of ether oxygens (including phenoxy) is 1. The fraction of sp³-hybridized carbons (Fsp3) is 0.697. The van der Waals surface area contributed by atoms with Crippen LogP contribution < -0.4 is 15.4 Å². The monoisotopic (exact) mass is 637 g/mol. The number of pyridine rings is 1. The number of nitriles is 1. The first-order valence-electron chi connectivity index (χ1n) is 16.1. The van der Waals surface area contributed by atoms with Crippen molar-refractivity contribution >= 4 is 29.6 Å². The summed E-state index contributed by atoms with van der Waals surface area (Å²) in [7, 11) is 1.66. The van der Waals surface area contributed by atoms with Gasteiger partial charge in [0.2, 0.25) is 17.4 Å². The van der Waals surface area contributed by atoms with E-state index >= 15 is 4.39 Å². The Morgan fingerprint density at radius 3 is 2.57 bits per heavy atom. The molecule has 5 aliphatic rings. The number of urea groups is 1. The summed E-state index contributed by atoms with van der Waals surface area (Å²) in [6.45, 7) is 11.3. The smallest absolute Gasteiger partial charge is 0.318 e. The van der Waals surface area contributed by atoms with Gasteiger partial charge in [0.05, 0.1) is 12.6 Å². The Morgan fingerprint density at radius 1 is 1.20 bits per heavy atom. The van der Waals surface area contributed by atoms with Crippen LogP contribution in [0, 0.1) is 40.4 Å². The van der Waals surface area contributed by atoms with Gasteiger partial charge in [-0.15, -0.1) is 0 Å². The van der Waals surface area contributed by atoms with Crippen molar-refractivity contribution in [3.05, 3.63) is 18.3 Å². The minimum absolute atomic E-state index is 0.0425. The van der Waals surface area contributed by atoms with E-state index in [-0.39, 0.29) is 43.1 Å². The molecular weight excluding hydrogens is 593 g/mol. The van der Waals surface area contributed by atoms with Crippen LogP contribution in [0.2, 0.25) is 0 Å². The highest BCUT2D eigenvalue weighted by Crippen LogP contribution is 2.59. The van der Waals surface area contributed by atoms with E-state index in [1.165, 1.54) is 20.9 Å². The Balaban J connectivity index is 1.33. The van der Waals surface area contributed by atoms with Gasteiger partial charge in [0.15, 0.2) is 11.6 Å². The number of anilines is 1. The highest BCUT2D eigenvalue weighted by molar-refractivity contribution is 6.01. The van der Waals surface area contributed by atoms with Gasteiger partial charge < -0.3 is 30.1 Å². The number of aromatic nitrogens is 1. The highest BCUT2D eigenvalue weighted by Gasteiger charge is 2.65. The summed E-state index contributed by atoms with van der Waals surface area (Å²) in [5.41, 5.74) is -2.74. The minimum Gasteiger partial charge on any atom is -0.472 e. The Hall–Kier alpha value is -3.95. The quantitative estimate of drug-likeness (QED) is 0.518. The molecule has 13 heteroatoms. The Bertz CT molecular complexity index is 1500. The lowest BCUT2D eigenvalue weighted by Crippen LogP contribution is -2.62. The molecule has 4 heterocycles. The van der Waals surface area contributed by atoms with E-state index in [0.717, 1.165) is 0 Å². The summed E-state index contributed by atoms with van der Waals surface area (Å²) < 4.78 is 21.5. The molecule has 2 bridgehead atoms. The fourth-order valence-electron chi connectivity index (χ4n) is 8.26. The molecule has 1 spiro atoms. The number of hydrogen-bond acceptors (Lipinski definition) is 7. The maximum absolute atomic E-state index is 15.3. The van der Waals surface area contributed by atoms with Gasteiger partial charge in [-0.25, -0.2) is 14.2 Å². The summed E-state index contributed by atoms with van der Waals surface area (Å²) in [5.74, 6) is -1.68. The number of hydrogen-bond donors (Lipinski definition) is 2. The third kappa shape index (κ3) is 5.04. The zero-order valence-electron chi connectivity index (χ0n) is 27.5. The number of nitrogens with one attached hydrogen (secondary N) is 2. The van der Waals surface area contributed by atoms with Gasteiger partial charge in [0.1, 0.15) is 24.3 Å². The van der Waals surface area contributed by atoms with E-state index in [4.69, 9.17) is 4.74 Å². The molecule has 12 nitrogen and oxygen atoms in total. The molecule has 2 aliphatic carbocycles. The topological polar surface area (TPSA) is 148 Å². The Kier molecular flexibility index (Phi) is 7.52. The number of fused-ring (bicyclic) bond motifs is 6. The zero-order valence-corrected chi connectivity index (χ0v) is 27.5. The largest absolute Gasteiger partial charge is 0.472 e. The van der Waals surface area contributed by atoms with Gasteiger partial charge in [0.25, 0.3) is 5.91 Å². The molecule has 2 saturated heterocycles.